The summed E-state index contributed by atoms with van der Waals surface area (Å²) in [5, 5.41) is 0. The van der Waals surface area contributed by atoms with E-state index in [2.05, 4.69) is 0 Å². The standard InChI is InChI=1S/C11H16N2OS/c1-13(2)11(14)7-8-15-10-6-4-3-5-9(10)12/h3-6H,7-8,12H2,1-2H3. The Kier molecular flexibility index (Phi) is 4.49. The fourth-order valence-corrected chi connectivity index (χ4v) is 1.99. The van der Waals surface area contributed by atoms with Crippen molar-refractivity contribution in [1.29, 1.82) is 0 Å². The quantitative estimate of drug-likeness (QED) is 0.627. The number of para-hydroxylation sites is 1. The molecule has 0 radical (unpaired) electrons. The molecule has 0 atom stereocenters. The Morgan fingerprint density at radius 2 is 2.07 bits per heavy atom. The second-order valence-electron chi connectivity index (χ2n) is 3.42. The molecule has 82 valence electrons. The zero-order valence-corrected chi connectivity index (χ0v) is 9.88. The summed E-state index contributed by atoms with van der Waals surface area (Å²) in [6.45, 7) is 0. The van der Waals surface area contributed by atoms with E-state index in [1.165, 1.54) is 0 Å². The van der Waals surface area contributed by atoms with Crippen LogP contribution >= 0.6 is 11.8 Å². The van der Waals surface area contributed by atoms with E-state index < -0.39 is 0 Å². The molecule has 2 N–H and O–H groups in total. The van der Waals surface area contributed by atoms with Gasteiger partial charge in [-0.05, 0) is 12.1 Å². The summed E-state index contributed by atoms with van der Waals surface area (Å²) < 4.78 is 0. The minimum atomic E-state index is 0.150. The Morgan fingerprint density at radius 1 is 1.40 bits per heavy atom. The van der Waals surface area contributed by atoms with Crippen molar-refractivity contribution in [2.24, 2.45) is 0 Å². The minimum absolute atomic E-state index is 0.150. The maximum atomic E-state index is 11.3. The second kappa shape index (κ2) is 5.66. The average Bonchev–Trinajstić information content (AvgIpc) is 2.20. The largest absolute Gasteiger partial charge is 0.398 e. The third-order valence-corrected chi connectivity index (χ3v) is 3.08. The first-order chi connectivity index (χ1) is 7.11. The maximum absolute atomic E-state index is 11.3. The van der Waals surface area contributed by atoms with Gasteiger partial charge in [-0.1, -0.05) is 12.1 Å². The van der Waals surface area contributed by atoms with Crippen LogP contribution in [-0.4, -0.2) is 30.7 Å². The van der Waals surface area contributed by atoms with Crippen molar-refractivity contribution < 1.29 is 4.79 Å². The zero-order chi connectivity index (χ0) is 11.3. The summed E-state index contributed by atoms with van der Waals surface area (Å²) in [6, 6.07) is 7.70. The predicted molar refractivity (Wildman–Crippen MR) is 64.9 cm³/mol. The maximum Gasteiger partial charge on any atom is 0.222 e. The monoisotopic (exact) mass is 224 g/mol. The van der Waals surface area contributed by atoms with E-state index in [-0.39, 0.29) is 5.91 Å². The van der Waals surface area contributed by atoms with Crippen LogP contribution in [-0.2, 0) is 4.79 Å². The minimum Gasteiger partial charge on any atom is -0.398 e. The lowest BCUT2D eigenvalue weighted by molar-refractivity contribution is -0.128. The highest BCUT2D eigenvalue weighted by Crippen LogP contribution is 2.24. The lowest BCUT2D eigenvalue weighted by Crippen LogP contribution is -2.21. The van der Waals surface area contributed by atoms with Gasteiger partial charge in [0.05, 0.1) is 0 Å². The molecule has 4 heteroatoms. The van der Waals surface area contributed by atoms with Crippen LogP contribution < -0.4 is 5.73 Å². The van der Waals surface area contributed by atoms with E-state index in [4.69, 9.17) is 5.73 Å². The molecular formula is C11H16N2OS. The van der Waals surface area contributed by atoms with E-state index in [9.17, 15) is 4.79 Å². The van der Waals surface area contributed by atoms with Gasteiger partial charge in [0.2, 0.25) is 5.91 Å². The van der Waals surface area contributed by atoms with Gasteiger partial charge in [-0.25, -0.2) is 0 Å². The first-order valence-corrected chi connectivity index (χ1v) is 5.77. The number of hydrogen-bond donors (Lipinski definition) is 1. The Morgan fingerprint density at radius 3 is 2.67 bits per heavy atom. The van der Waals surface area contributed by atoms with E-state index in [0.29, 0.717) is 6.42 Å². The lowest BCUT2D eigenvalue weighted by Gasteiger charge is -2.10. The molecule has 0 aliphatic carbocycles. The van der Waals surface area contributed by atoms with Crippen molar-refractivity contribution in [1.82, 2.24) is 4.90 Å². The fraction of sp³-hybridized carbons (Fsp3) is 0.364. The third-order valence-electron chi connectivity index (χ3n) is 1.99. The van der Waals surface area contributed by atoms with Crippen LogP contribution in [0.1, 0.15) is 6.42 Å². The molecule has 0 spiro atoms. The number of nitrogens with two attached hydrogens (primary N) is 1. The van der Waals surface area contributed by atoms with Crippen molar-refractivity contribution in [3.05, 3.63) is 24.3 Å². The Hall–Kier alpha value is -1.16. The first-order valence-electron chi connectivity index (χ1n) is 4.78. The van der Waals surface area contributed by atoms with Crippen LogP contribution in [0.25, 0.3) is 0 Å². The number of carbonyl (C=O) groups is 1. The summed E-state index contributed by atoms with van der Waals surface area (Å²) >= 11 is 1.62. The molecule has 0 fully saturated rings. The van der Waals surface area contributed by atoms with Gasteiger partial charge in [-0.2, -0.15) is 0 Å². The fourth-order valence-electron chi connectivity index (χ4n) is 1.08. The molecule has 1 rings (SSSR count). The Labute approximate surface area is 94.6 Å². The summed E-state index contributed by atoms with van der Waals surface area (Å²) in [5.41, 5.74) is 6.56. The molecule has 0 heterocycles. The van der Waals surface area contributed by atoms with Crippen molar-refractivity contribution in [2.75, 3.05) is 25.6 Å². The topological polar surface area (TPSA) is 46.3 Å². The first kappa shape index (κ1) is 11.9. The molecule has 1 aromatic carbocycles. The molecular weight excluding hydrogens is 208 g/mol. The van der Waals surface area contributed by atoms with Crippen LogP contribution in [0.2, 0.25) is 0 Å². The Bertz CT molecular complexity index is 339. The molecule has 1 aromatic rings. The molecule has 0 saturated carbocycles. The third kappa shape index (κ3) is 3.83. The van der Waals surface area contributed by atoms with Crippen LogP contribution in [0.4, 0.5) is 5.69 Å². The number of anilines is 1. The molecule has 15 heavy (non-hydrogen) atoms. The molecule has 0 aliphatic heterocycles. The summed E-state index contributed by atoms with van der Waals surface area (Å²) in [6.07, 6.45) is 0.548. The van der Waals surface area contributed by atoms with Gasteiger partial charge < -0.3 is 10.6 Å². The number of nitrogen functional groups attached to an aromatic ring is 1. The summed E-state index contributed by atoms with van der Waals surface area (Å²) in [7, 11) is 3.54. The van der Waals surface area contributed by atoms with E-state index in [0.717, 1.165) is 16.3 Å². The summed E-state index contributed by atoms with van der Waals surface area (Å²) in [5.74, 6) is 0.919. The van der Waals surface area contributed by atoms with Gasteiger partial charge in [-0.15, -0.1) is 11.8 Å². The molecule has 0 aromatic heterocycles. The average molecular weight is 224 g/mol. The van der Waals surface area contributed by atoms with Gasteiger partial charge in [0.25, 0.3) is 0 Å². The number of rotatable bonds is 4. The Balaban J connectivity index is 2.38. The molecule has 0 saturated heterocycles. The van der Waals surface area contributed by atoms with E-state index in [1.54, 1.807) is 30.8 Å². The zero-order valence-electron chi connectivity index (χ0n) is 9.06. The number of carbonyl (C=O) groups excluding carboxylic acids is 1. The highest BCUT2D eigenvalue weighted by atomic mass is 32.2. The number of benzene rings is 1. The van der Waals surface area contributed by atoms with Gasteiger partial charge in [-0.3, -0.25) is 4.79 Å². The number of thioether (sulfide) groups is 1. The van der Waals surface area contributed by atoms with Gasteiger partial charge >= 0.3 is 0 Å². The van der Waals surface area contributed by atoms with Gasteiger partial charge in [0.1, 0.15) is 0 Å². The van der Waals surface area contributed by atoms with Crippen molar-refractivity contribution in [2.45, 2.75) is 11.3 Å². The number of nitrogens with zero attached hydrogens (tertiary/aromatic N) is 1. The van der Waals surface area contributed by atoms with Crippen LogP contribution in [0, 0.1) is 0 Å². The molecule has 1 amide bonds. The molecule has 0 bridgehead atoms. The lowest BCUT2D eigenvalue weighted by atomic mass is 10.3. The normalized spacial score (nSPS) is 10.0. The second-order valence-corrected chi connectivity index (χ2v) is 4.56. The molecule has 0 unspecified atom stereocenters. The smallest absolute Gasteiger partial charge is 0.222 e. The van der Waals surface area contributed by atoms with Crippen molar-refractivity contribution >= 4 is 23.4 Å². The highest BCUT2D eigenvalue weighted by Gasteiger charge is 2.04. The van der Waals surface area contributed by atoms with Crippen LogP contribution in [0.15, 0.2) is 29.2 Å². The number of hydrogen-bond acceptors (Lipinski definition) is 3. The SMILES string of the molecule is CN(C)C(=O)CCSc1ccccc1N. The summed E-state index contributed by atoms with van der Waals surface area (Å²) in [4.78, 5) is 14.0. The van der Waals surface area contributed by atoms with E-state index in [1.807, 2.05) is 24.3 Å². The predicted octanol–water partition coefficient (Wildman–Crippen LogP) is 1.84. The molecule has 0 aliphatic rings. The van der Waals surface area contributed by atoms with Crippen molar-refractivity contribution in [3.8, 4) is 0 Å². The van der Waals surface area contributed by atoms with Crippen LogP contribution in [0.5, 0.6) is 0 Å². The number of amides is 1. The highest BCUT2D eigenvalue weighted by molar-refractivity contribution is 7.99. The van der Waals surface area contributed by atoms with Crippen LogP contribution in [0.3, 0.4) is 0 Å². The van der Waals surface area contributed by atoms with E-state index >= 15 is 0 Å². The van der Waals surface area contributed by atoms with Gasteiger partial charge in [0, 0.05) is 36.9 Å². The van der Waals surface area contributed by atoms with Gasteiger partial charge in [0.15, 0.2) is 0 Å². The molecule has 3 nitrogen and oxygen atoms in total. The van der Waals surface area contributed by atoms with Crippen molar-refractivity contribution in [3.63, 3.8) is 0 Å².